The third-order valence-electron chi connectivity index (χ3n) is 3.91. The molecule has 1 fully saturated rings. The van der Waals surface area contributed by atoms with Gasteiger partial charge in [0.1, 0.15) is 0 Å². The number of aryl methyl sites for hydroxylation is 2. The van der Waals surface area contributed by atoms with Crippen LogP contribution in [0.3, 0.4) is 0 Å². The quantitative estimate of drug-likeness (QED) is 0.752. The zero-order chi connectivity index (χ0) is 14.5. The molecule has 0 saturated carbocycles. The van der Waals surface area contributed by atoms with Gasteiger partial charge in [0.15, 0.2) is 0 Å². The highest BCUT2D eigenvalue weighted by atomic mass is 79.9. The number of aromatic nitrogens is 2. The number of rotatable bonds is 5. The average molecular weight is 364 g/mol. The Morgan fingerprint density at radius 2 is 1.90 bits per heavy atom. The second kappa shape index (κ2) is 7.78. The summed E-state index contributed by atoms with van der Waals surface area (Å²) in [7, 11) is 0. The van der Waals surface area contributed by atoms with E-state index in [0.717, 1.165) is 55.3 Å². The normalized spacial score (nSPS) is 18.4. The van der Waals surface area contributed by atoms with Gasteiger partial charge in [-0.3, -0.25) is 9.58 Å². The van der Waals surface area contributed by atoms with Gasteiger partial charge >= 0.3 is 0 Å². The Labute approximate surface area is 135 Å². The van der Waals surface area contributed by atoms with E-state index in [9.17, 15) is 0 Å². The lowest BCUT2D eigenvalue weighted by Gasteiger charge is -2.21. The topological polar surface area (TPSA) is 24.3 Å². The molecule has 1 aromatic heterocycles. The first-order chi connectivity index (χ1) is 9.65. The molecule has 0 radical (unpaired) electrons. The summed E-state index contributed by atoms with van der Waals surface area (Å²) in [6.07, 6.45) is 1.23. The van der Waals surface area contributed by atoms with Gasteiger partial charge in [-0.25, -0.2) is 0 Å². The Bertz CT molecular complexity index is 435. The highest BCUT2D eigenvalue weighted by molar-refractivity contribution is 9.09. The molecule has 6 heteroatoms. The predicted molar refractivity (Wildman–Crippen MR) is 87.8 cm³/mol. The van der Waals surface area contributed by atoms with Crippen molar-refractivity contribution in [3.63, 3.8) is 0 Å². The van der Waals surface area contributed by atoms with E-state index in [0.29, 0.717) is 0 Å². The summed E-state index contributed by atoms with van der Waals surface area (Å²) in [4.78, 5) is 5.03. The lowest BCUT2D eigenvalue weighted by Crippen LogP contribution is -2.32. The zero-order valence-electron chi connectivity index (χ0n) is 12.4. The van der Waals surface area contributed by atoms with E-state index < -0.39 is 0 Å². The maximum atomic E-state index is 6.40. The summed E-state index contributed by atoms with van der Waals surface area (Å²) < 4.78 is 2.04. The van der Waals surface area contributed by atoms with Crippen molar-refractivity contribution in [2.45, 2.75) is 33.4 Å². The molecule has 0 N–H and O–H groups in total. The molecule has 0 bridgehead atoms. The molecule has 1 saturated heterocycles. The number of halogens is 2. The van der Waals surface area contributed by atoms with Crippen molar-refractivity contribution in [3.8, 4) is 0 Å². The van der Waals surface area contributed by atoms with Gasteiger partial charge in [0.25, 0.3) is 0 Å². The molecule has 0 aromatic carbocycles. The number of hydrogen-bond donors (Lipinski definition) is 0. The van der Waals surface area contributed by atoms with Crippen LogP contribution in [0.4, 0.5) is 0 Å². The van der Waals surface area contributed by atoms with Gasteiger partial charge in [0.05, 0.1) is 16.4 Å². The van der Waals surface area contributed by atoms with Crippen LogP contribution in [-0.4, -0.2) is 57.6 Å². The largest absolute Gasteiger partial charge is 0.301 e. The third-order valence-corrected chi connectivity index (χ3v) is 4.75. The maximum absolute atomic E-state index is 6.40. The van der Waals surface area contributed by atoms with Crippen LogP contribution < -0.4 is 0 Å². The van der Waals surface area contributed by atoms with E-state index >= 15 is 0 Å². The van der Waals surface area contributed by atoms with Gasteiger partial charge < -0.3 is 4.90 Å². The Balaban J connectivity index is 2.00. The lowest BCUT2D eigenvalue weighted by atomic mass is 10.3. The molecule has 4 nitrogen and oxygen atoms in total. The average Bonchev–Trinajstić information content (AvgIpc) is 2.61. The molecule has 0 spiro atoms. The van der Waals surface area contributed by atoms with Gasteiger partial charge in [-0.1, -0.05) is 27.5 Å². The van der Waals surface area contributed by atoms with Crippen LogP contribution in [0.5, 0.6) is 0 Å². The molecule has 20 heavy (non-hydrogen) atoms. The van der Waals surface area contributed by atoms with Gasteiger partial charge in [-0.05, 0) is 33.4 Å². The fourth-order valence-corrected chi connectivity index (χ4v) is 3.45. The minimum Gasteiger partial charge on any atom is -0.301 e. The van der Waals surface area contributed by atoms with Crippen LogP contribution in [0.25, 0.3) is 0 Å². The standard InChI is InChI=1S/C14H24BrClN4/c1-3-20-13(14(16)12(2)17-20)11-19-7-4-6-18(8-5-15)9-10-19/h3-11H2,1-2H3. The molecule has 2 rings (SSSR count). The first kappa shape index (κ1) is 16.3. The minimum absolute atomic E-state index is 0.841. The van der Waals surface area contributed by atoms with E-state index in [1.165, 1.54) is 18.7 Å². The fourth-order valence-electron chi connectivity index (χ4n) is 2.76. The van der Waals surface area contributed by atoms with Crippen molar-refractivity contribution in [1.29, 1.82) is 0 Å². The van der Waals surface area contributed by atoms with Gasteiger partial charge in [0.2, 0.25) is 0 Å². The molecule has 0 amide bonds. The summed E-state index contributed by atoms with van der Waals surface area (Å²) in [5.74, 6) is 0. The van der Waals surface area contributed by atoms with Crippen LogP contribution in [-0.2, 0) is 13.1 Å². The van der Waals surface area contributed by atoms with Crippen molar-refractivity contribution in [1.82, 2.24) is 19.6 Å². The molecule has 1 aliphatic heterocycles. The molecule has 1 aliphatic rings. The highest BCUT2D eigenvalue weighted by Gasteiger charge is 2.19. The molecule has 2 heterocycles. The van der Waals surface area contributed by atoms with E-state index in [-0.39, 0.29) is 0 Å². The summed E-state index contributed by atoms with van der Waals surface area (Å²) in [5, 5.41) is 6.40. The number of alkyl halides is 1. The Morgan fingerprint density at radius 3 is 2.60 bits per heavy atom. The van der Waals surface area contributed by atoms with Crippen molar-refractivity contribution in [2.24, 2.45) is 0 Å². The maximum Gasteiger partial charge on any atom is 0.0860 e. The van der Waals surface area contributed by atoms with E-state index in [2.05, 4.69) is 37.8 Å². The smallest absolute Gasteiger partial charge is 0.0860 e. The summed E-state index contributed by atoms with van der Waals surface area (Å²) in [6, 6.07) is 0. The van der Waals surface area contributed by atoms with Crippen molar-refractivity contribution in [2.75, 3.05) is 38.1 Å². The lowest BCUT2D eigenvalue weighted by molar-refractivity contribution is 0.253. The zero-order valence-corrected chi connectivity index (χ0v) is 14.8. The van der Waals surface area contributed by atoms with Crippen LogP contribution >= 0.6 is 27.5 Å². The second-order valence-corrected chi connectivity index (χ2v) is 6.49. The minimum atomic E-state index is 0.841. The number of nitrogens with zero attached hydrogens (tertiary/aromatic N) is 4. The monoisotopic (exact) mass is 362 g/mol. The van der Waals surface area contributed by atoms with E-state index in [1.54, 1.807) is 0 Å². The van der Waals surface area contributed by atoms with Crippen molar-refractivity contribution >= 4 is 27.5 Å². The van der Waals surface area contributed by atoms with Gasteiger partial charge in [-0.2, -0.15) is 5.10 Å². The van der Waals surface area contributed by atoms with Crippen molar-refractivity contribution < 1.29 is 0 Å². The van der Waals surface area contributed by atoms with E-state index in [4.69, 9.17) is 11.6 Å². The molecule has 0 unspecified atom stereocenters. The fraction of sp³-hybridized carbons (Fsp3) is 0.786. The summed E-state index contributed by atoms with van der Waals surface area (Å²) in [6.45, 7) is 11.6. The second-order valence-electron chi connectivity index (χ2n) is 5.32. The Hall–Kier alpha value is -0.100. The summed E-state index contributed by atoms with van der Waals surface area (Å²) >= 11 is 9.93. The first-order valence-electron chi connectivity index (χ1n) is 7.38. The van der Waals surface area contributed by atoms with Gasteiger partial charge in [0, 0.05) is 38.1 Å². The van der Waals surface area contributed by atoms with Crippen LogP contribution in [0, 0.1) is 6.92 Å². The molecule has 1 aromatic rings. The van der Waals surface area contributed by atoms with Gasteiger partial charge in [-0.15, -0.1) is 0 Å². The van der Waals surface area contributed by atoms with Crippen LogP contribution in [0.15, 0.2) is 0 Å². The third kappa shape index (κ3) is 3.97. The highest BCUT2D eigenvalue weighted by Crippen LogP contribution is 2.22. The molecule has 114 valence electrons. The Morgan fingerprint density at radius 1 is 1.20 bits per heavy atom. The number of hydrogen-bond acceptors (Lipinski definition) is 3. The molecule has 0 aliphatic carbocycles. The molecular formula is C14H24BrClN4. The predicted octanol–water partition coefficient (Wildman–Crippen LogP) is 2.77. The van der Waals surface area contributed by atoms with Crippen LogP contribution in [0.1, 0.15) is 24.7 Å². The molecule has 0 atom stereocenters. The Kier molecular flexibility index (Phi) is 6.33. The first-order valence-corrected chi connectivity index (χ1v) is 8.88. The van der Waals surface area contributed by atoms with Crippen LogP contribution in [0.2, 0.25) is 5.02 Å². The van der Waals surface area contributed by atoms with Crippen molar-refractivity contribution in [3.05, 3.63) is 16.4 Å². The summed E-state index contributed by atoms with van der Waals surface area (Å²) in [5.41, 5.74) is 2.11. The molecular weight excluding hydrogens is 340 g/mol. The SMILES string of the molecule is CCn1nc(C)c(Cl)c1CN1CCCN(CCBr)CC1. The van der Waals surface area contributed by atoms with E-state index in [1.807, 2.05) is 11.6 Å².